The van der Waals surface area contributed by atoms with Crippen LogP contribution in [-0.2, 0) is 4.79 Å². The van der Waals surface area contributed by atoms with Crippen molar-refractivity contribution < 1.29 is 19.1 Å². The predicted molar refractivity (Wildman–Crippen MR) is 94.3 cm³/mol. The van der Waals surface area contributed by atoms with Crippen molar-refractivity contribution in [2.24, 2.45) is 0 Å². The van der Waals surface area contributed by atoms with Crippen molar-refractivity contribution in [3.63, 3.8) is 0 Å². The Morgan fingerprint density at radius 2 is 1.80 bits per heavy atom. The number of Topliss-reactive ketones (excluding diaryl/α,β-unsaturated/α-hetero) is 1. The van der Waals surface area contributed by atoms with Gasteiger partial charge in [-0.1, -0.05) is 23.7 Å². The zero-order chi connectivity index (χ0) is 17.8. The summed E-state index contributed by atoms with van der Waals surface area (Å²) in [6.45, 7) is 1.17. The molecule has 1 heterocycles. The van der Waals surface area contributed by atoms with E-state index in [0.717, 1.165) is 5.39 Å². The number of nitrogens with zero attached hydrogens (tertiary/aromatic N) is 1. The first-order chi connectivity index (χ1) is 12.0. The van der Waals surface area contributed by atoms with Gasteiger partial charge in [0.1, 0.15) is 5.52 Å². The Labute approximate surface area is 149 Å². The number of esters is 1. The Kier molecular flexibility index (Phi) is 4.95. The number of benzene rings is 2. The molecule has 0 radical (unpaired) electrons. The average Bonchev–Trinajstić information content (AvgIpc) is 2.60. The molecule has 0 saturated heterocycles. The van der Waals surface area contributed by atoms with E-state index < -0.39 is 5.97 Å². The van der Waals surface area contributed by atoms with Gasteiger partial charge in [-0.25, -0.2) is 4.98 Å². The molecular weight excluding hydrogens is 342 g/mol. The van der Waals surface area contributed by atoms with Crippen LogP contribution in [0.1, 0.15) is 17.3 Å². The third kappa shape index (κ3) is 4.14. The zero-order valence-corrected chi connectivity index (χ0v) is 14.1. The molecule has 0 spiro atoms. The van der Waals surface area contributed by atoms with Gasteiger partial charge in [-0.3, -0.25) is 9.59 Å². The maximum atomic E-state index is 12.1. The predicted octanol–water partition coefficient (Wildman–Crippen LogP) is 4.08. The normalized spacial score (nSPS) is 10.5. The van der Waals surface area contributed by atoms with Crippen LogP contribution in [0.15, 0.2) is 54.6 Å². The van der Waals surface area contributed by atoms with Gasteiger partial charge in [-0.2, -0.15) is 0 Å². The third-order valence-electron chi connectivity index (χ3n) is 3.43. The standard InChI is InChI=1S/C19H14ClNO4/c1-12(22)25-17-4-2-3-14-7-10-18(21-19(14)17)24-11-16(23)13-5-8-15(20)9-6-13/h2-10H,11H2,1H3. The molecule has 0 unspecified atom stereocenters. The number of ketones is 1. The molecular formula is C19H14ClNO4. The van der Waals surface area contributed by atoms with Crippen molar-refractivity contribution in [3.05, 3.63) is 65.2 Å². The van der Waals surface area contributed by atoms with Gasteiger partial charge in [0, 0.05) is 29.0 Å². The maximum Gasteiger partial charge on any atom is 0.308 e. The second kappa shape index (κ2) is 7.32. The molecule has 25 heavy (non-hydrogen) atoms. The maximum absolute atomic E-state index is 12.1. The van der Waals surface area contributed by atoms with Crippen LogP contribution in [0.5, 0.6) is 11.6 Å². The third-order valence-corrected chi connectivity index (χ3v) is 3.68. The summed E-state index contributed by atoms with van der Waals surface area (Å²) in [5, 5.41) is 1.36. The molecule has 0 aliphatic heterocycles. The second-order valence-electron chi connectivity index (χ2n) is 5.29. The first-order valence-electron chi connectivity index (χ1n) is 7.53. The molecule has 0 saturated carbocycles. The molecule has 0 N–H and O–H groups in total. The minimum absolute atomic E-state index is 0.157. The van der Waals surface area contributed by atoms with Gasteiger partial charge >= 0.3 is 5.97 Å². The molecule has 126 valence electrons. The highest BCUT2D eigenvalue weighted by atomic mass is 35.5. The van der Waals surface area contributed by atoms with Gasteiger partial charge in [-0.05, 0) is 36.4 Å². The molecule has 3 aromatic rings. The molecule has 0 fully saturated rings. The topological polar surface area (TPSA) is 65.5 Å². The van der Waals surface area contributed by atoms with E-state index in [1.165, 1.54) is 6.92 Å². The highest BCUT2D eigenvalue weighted by Crippen LogP contribution is 2.26. The SMILES string of the molecule is CC(=O)Oc1cccc2ccc(OCC(=O)c3ccc(Cl)cc3)nc12. The number of rotatable bonds is 5. The van der Waals surface area contributed by atoms with Gasteiger partial charge in [0.25, 0.3) is 0 Å². The van der Waals surface area contributed by atoms with Crippen LogP contribution in [0, 0.1) is 0 Å². The van der Waals surface area contributed by atoms with E-state index in [4.69, 9.17) is 21.1 Å². The lowest BCUT2D eigenvalue weighted by molar-refractivity contribution is -0.131. The smallest absolute Gasteiger partial charge is 0.308 e. The fraction of sp³-hybridized carbons (Fsp3) is 0.105. The van der Waals surface area contributed by atoms with Crippen LogP contribution in [0.25, 0.3) is 10.9 Å². The van der Waals surface area contributed by atoms with Gasteiger partial charge in [0.05, 0.1) is 0 Å². The molecule has 5 nitrogen and oxygen atoms in total. The first-order valence-corrected chi connectivity index (χ1v) is 7.90. The Morgan fingerprint density at radius 1 is 1.04 bits per heavy atom. The number of para-hydroxylation sites is 1. The number of ether oxygens (including phenoxy) is 2. The quantitative estimate of drug-likeness (QED) is 0.392. The lowest BCUT2D eigenvalue weighted by atomic mass is 10.1. The fourth-order valence-corrected chi connectivity index (χ4v) is 2.40. The lowest BCUT2D eigenvalue weighted by Gasteiger charge is -2.08. The van der Waals surface area contributed by atoms with E-state index >= 15 is 0 Å². The summed E-state index contributed by atoms with van der Waals surface area (Å²) in [4.78, 5) is 27.7. The van der Waals surface area contributed by atoms with Crippen molar-refractivity contribution in [2.45, 2.75) is 6.92 Å². The van der Waals surface area contributed by atoms with Crippen molar-refractivity contribution in [1.29, 1.82) is 0 Å². The Morgan fingerprint density at radius 3 is 2.52 bits per heavy atom. The number of pyridine rings is 1. The summed E-state index contributed by atoms with van der Waals surface area (Å²) < 4.78 is 10.6. The summed E-state index contributed by atoms with van der Waals surface area (Å²) in [7, 11) is 0. The molecule has 2 aromatic carbocycles. The number of hydrogen-bond donors (Lipinski definition) is 0. The molecule has 0 amide bonds. The number of carbonyl (C=O) groups is 2. The fourth-order valence-electron chi connectivity index (χ4n) is 2.28. The van der Waals surface area contributed by atoms with Gasteiger partial charge in [-0.15, -0.1) is 0 Å². The number of carbonyl (C=O) groups excluding carboxylic acids is 2. The van der Waals surface area contributed by atoms with Crippen molar-refractivity contribution in [1.82, 2.24) is 4.98 Å². The lowest BCUT2D eigenvalue weighted by Crippen LogP contribution is -2.12. The Hall–Kier alpha value is -2.92. The summed E-state index contributed by atoms with van der Waals surface area (Å²) in [6.07, 6.45) is 0. The van der Waals surface area contributed by atoms with E-state index in [-0.39, 0.29) is 18.3 Å². The molecule has 0 aliphatic rings. The van der Waals surface area contributed by atoms with E-state index in [9.17, 15) is 9.59 Å². The van der Waals surface area contributed by atoms with Crippen LogP contribution >= 0.6 is 11.6 Å². The van der Waals surface area contributed by atoms with Gasteiger partial charge in [0.15, 0.2) is 18.1 Å². The van der Waals surface area contributed by atoms with Crippen LogP contribution < -0.4 is 9.47 Å². The summed E-state index contributed by atoms with van der Waals surface area (Å²) >= 11 is 5.81. The molecule has 1 aromatic heterocycles. The van der Waals surface area contributed by atoms with E-state index in [0.29, 0.717) is 21.9 Å². The Bertz CT molecular complexity index is 938. The van der Waals surface area contributed by atoms with E-state index in [2.05, 4.69) is 4.98 Å². The van der Waals surface area contributed by atoms with Gasteiger partial charge in [0.2, 0.25) is 5.88 Å². The number of hydrogen-bond acceptors (Lipinski definition) is 5. The monoisotopic (exact) mass is 355 g/mol. The van der Waals surface area contributed by atoms with Crippen molar-refractivity contribution >= 4 is 34.3 Å². The van der Waals surface area contributed by atoms with Gasteiger partial charge < -0.3 is 9.47 Å². The average molecular weight is 356 g/mol. The van der Waals surface area contributed by atoms with Crippen LogP contribution in [0.2, 0.25) is 5.02 Å². The zero-order valence-electron chi connectivity index (χ0n) is 13.4. The van der Waals surface area contributed by atoms with E-state index in [1.807, 2.05) is 6.07 Å². The number of fused-ring (bicyclic) bond motifs is 1. The first kappa shape index (κ1) is 16.9. The minimum atomic E-state index is -0.432. The largest absolute Gasteiger partial charge is 0.469 e. The minimum Gasteiger partial charge on any atom is -0.469 e. The number of aromatic nitrogens is 1. The van der Waals surface area contributed by atoms with Crippen LogP contribution in [0.3, 0.4) is 0 Å². The molecule has 0 atom stereocenters. The van der Waals surface area contributed by atoms with Crippen molar-refractivity contribution in [3.8, 4) is 11.6 Å². The van der Waals surface area contributed by atoms with E-state index in [1.54, 1.807) is 48.5 Å². The van der Waals surface area contributed by atoms with Crippen molar-refractivity contribution in [2.75, 3.05) is 6.61 Å². The summed E-state index contributed by atoms with van der Waals surface area (Å²) in [6, 6.07) is 15.3. The Balaban J connectivity index is 1.78. The molecule has 3 rings (SSSR count). The van der Waals surface area contributed by atoms with Crippen LogP contribution in [-0.4, -0.2) is 23.3 Å². The highest BCUT2D eigenvalue weighted by Gasteiger charge is 2.10. The van der Waals surface area contributed by atoms with Crippen LogP contribution in [0.4, 0.5) is 0 Å². The molecule has 0 aliphatic carbocycles. The highest BCUT2D eigenvalue weighted by molar-refractivity contribution is 6.30. The molecule has 0 bridgehead atoms. The summed E-state index contributed by atoms with van der Waals surface area (Å²) in [5.74, 6) is -0.000680. The second-order valence-corrected chi connectivity index (χ2v) is 5.73. The molecule has 6 heteroatoms. The summed E-state index contributed by atoms with van der Waals surface area (Å²) in [5.41, 5.74) is 1.000. The number of halogens is 1.